The number of amides is 1. The van der Waals surface area contributed by atoms with Crippen LogP contribution >= 0.6 is 24.6 Å². The van der Waals surface area contributed by atoms with Crippen LogP contribution in [0.25, 0.3) is 0 Å². The summed E-state index contributed by atoms with van der Waals surface area (Å²) in [5.41, 5.74) is -0.670. The lowest BCUT2D eigenvalue weighted by molar-refractivity contribution is -0.725. The standard InChI is InChI=1S/C12H23N.C10H19NO4S2/c1-3-7-11(8-4-1)13-12-9-5-2-6-10-12;1-5-17-11(7(6-16)8(12)13)9(14)15-10(2,3)4/h11-13H,1-10H2;7,16H,5-6H2,1-4H3,(H,12,13). The minimum Gasteiger partial charge on any atom is -0.548 e. The van der Waals surface area contributed by atoms with Crippen LogP contribution in [0, 0.1) is 0 Å². The molecule has 8 heteroatoms. The van der Waals surface area contributed by atoms with Crippen molar-refractivity contribution in [1.29, 1.82) is 0 Å². The van der Waals surface area contributed by atoms with E-state index in [-0.39, 0.29) is 5.75 Å². The third kappa shape index (κ3) is 11.1. The average Bonchev–Trinajstić information content (AvgIpc) is 2.68. The summed E-state index contributed by atoms with van der Waals surface area (Å²) in [4.78, 5) is 22.7. The molecule has 0 bridgehead atoms. The van der Waals surface area contributed by atoms with E-state index in [9.17, 15) is 14.7 Å². The number of carboxylic acids is 1. The molecule has 0 spiro atoms. The number of nitrogens with zero attached hydrogens (tertiary/aromatic N) is 1. The lowest BCUT2D eigenvalue weighted by Crippen LogP contribution is -2.95. The van der Waals surface area contributed by atoms with E-state index in [4.69, 9.17) is 4.74 Å². The highest BCUT2D eigenvalue weighted by molar-refractivity contribution is 7.97. The predicted octanol–water partition coefficient (Wildman–Crippen LogP) is 3.16. The van der Waals surface area contributed by atoms with Gasteiger partial charge in [0.25, 0.3) is 0 Å². The summed E-state index contributed by atoms with van der Waals surface area (Å²) >= 11 is 4.98. The van der Waals surface area contributed by atoms with Crippen LogP contribution in [0.3, 0.4) is 0 Å². The van der Waals surface area contributed by atoms with Crippen molar-refractivity contribution in [3.8, 4) is 0 Å². The first-order chi connectivity index (χ1) is 14.2. The van der Waals surface area contributed by atoms with Crippen molar-refractivity contribution in [3.63, 3.8) is 0 Å². The number of ether oxygens (including phenoxy) is 1. The van der Waals surface area contributed by atoms with Crippen molar-refractivity contribution < 1.29 is 24.7 Å². The molecule has 2 aliphatic rings. The molecule has 0 heterocycles. The fraction of sp³-hybridized carbons (Fsp3) is 0.909. The third-order valence-electron chi connectivity index (χ3n) is 5.41. The Morgan fingerprint density at radius 2 is 1.53 bits per heavy atom. The number of rotatable bonds is 7. The maximum atomic E-state index is 11.8. The Morgan fingerprint density at radius 3 is 1.87 bits per heavy atom. The number of hydrogen-bond donors (Lipinski definition) is 2. The highest BCUT2D eigenvalue weighted by atomic mass is 32.2. The minimum atomic E-state index is -1.34. The zero-order valence-electron chi connectivity index (χ0n) is 19.2. The SMILES string of the molecule is C1CCC([NH2+]C2CCCCC2)CC1.CCSN(C(=O)OC(C)(C)C)C(CS)C(=O)[O-]. The van der Waals surface area contributed by atoms with Crippen molar-refractivity contribution >= 4 is 36.6 Å². The van der Waals surface area contributed by atoms with Crippen molar-refractivity contribution in [2.75, 3.05) is 11.5 Å². The molecule has 2 rings (SSSR count). The zero-order chi connectivity index (χ0) is 22.6. The van der Waals surface area contributed by atoms with Gasteiger partial charge in [-0.1, -0.05) is 19.8 Å². The summed E-state index contributed by atoms with van der Waals surface area (Å²) in [6.07, 6.45) is 14.3. The monoisotopic (exact) mass is 462 g/mol. The van der Waals surface area contributed by atoms with Crippen LogP contribution in [0.2, 0.25) is 0 Å². The molecule has 30 heavy (non-hydrogen) atoms. The van der Waals surface area contributed by atoms with Gasteiger partial charge in [-0.25, -0.2) is 9.10 Å². The number of quaternary nitrogens is 1. The largest absolute Gasteiger partial charge is 0.548 e. The van der Waals surface area contributed by atoms with Crippen LogP contribution in [0.1, 0.15) is 91.9 Å². The number of carbonyl (C=O) groups is 2. The molecular formula is C22H42N2O4S2. The minimum absolute atomic E-state index is 0.0193. The average molecular weight is 463 g/mol. The zero-order valence-corrected chi connectivity index (χ0v) is 20.9. The van der Waals surface area contributed by atoms with Crippen molar-refractivity contribution in [2.24, 2.45) is 0 Å². The highest BCUT2D eigenvalue weighted by Gasteiger charge is 2.29. The molecule has 176 valence electrons. The number of thiol groups is 1. The second-order valence-electron chi connectivity index (χ2n) is 9.23. The van der Waals surface area contributed by atoms with Crippen molar-refractivity contribution in [2.45, 2.75) is 116 Å². The Labute approximate surface area is 192 Å². The summed E-state index contributed by atoms with van der Waals surface area (Å²) in [6.45, 7) is 6.96. The molecule has 0 aromatic rings. The topological polar surface area (TPSA) is 86.3 Å². The van der Waals surface area contributed by atoms with Gasteiger partial charge in [0.15, 0.2) is 0 Å². The Kier molecular flexibility index (Phi) is 13.2. The summed E-state index contributed by atoms with van der Waals surface area (Å²) in [6, 6.07) is 0.895. The smallest absolute Gasteiger partial charge is 0.421 e. The van der Waals surface area contributed by atoms with E-state index in [0.29, 0.717) is 5.75 Å². The number of carbonyl (C=O) groups excluding carboxylic acids is 2. The summed E-state index contributed by atoms with van der Waals surface area (Å²) in [7, 11) is 0. The van der Waals surface area contributed by atoms with Gasteiger partial charge in [-0.2, -0.15) is 12.6 Å². The lowest BCUT2D eigenvalue weighted by Gasteiger charge is -2.31. The molecule has 0 saturated heterocycles. The number of aliphatic carboxylic acids is 1. The molecule has 1 amide bonds. The van der Waals surface area contributed by atoms with Gasteiger partial charge in [0.1, 0.15) is 5.60 Å². The van der Waals surface area contributed by atoms with Crippen LogP contribution in [0.5, 0.6) is 0 Å². The van der Waals surface area contributed by atoms with Gasteiger partial charge in [0.05, 0.1) is 24.1 Å². The molecule has 2 N–H and O–H groups in total. The van der Waals surface area contributed by atoms with Crippen molar-refractivity contribution in [3.05, 3.63) is 0 Å². The number of carboxylic acid groups (broad SMARTS) is 1. The lowest BCUT2D eigenvalue weighted by atomic mass is 9.91. The first kappa shape index (κ1) is 27.4. The summed E-state index contributed by atoms with van der Waals surface area (Å²) in [5.74, 6) is -0.808. The molecule has 0 radical (unpaired) electrons. The Hall–Kier alpha value is -0.600. The molecule has 1 atom stereocenters. The molecule has 2 fully saturated rings. The molecule has 0 aliphatic heterocycles. The Bertz CT molecular complexity index is 486. The normalized spacial score (nSPS) is 19.4. The molecule has 2 aliphatic carbocycles. The quantitative estimate of drug-likeness (QED) is 0.448. The molecular weight excluding hydrogens is 420 g/mol. The maximum absolute atomic E-state index is 11.8. The van der Waals surface area contributed by atoms with Gasteiger partial charge in [-0.15, -0.1) is 0 Å². The van der Waals surface area contributed by atoms with Gasteiger partial charge < -0.3 is 20.0 Å². The molecule has 0 aromatic heterocycles. The first-order valence-corrected chi connectivity index (χ1v) is 13.1. The van der Waals surface area contributed by atoms with E-state index in [1.165, 1.54) is 64.2 Å². The Balaban J connectivity index is 0.000000308. The molecule has 2 saturated carbocycles. The van der Waals surface area contributed by atoms with Gasteiger partial charge in [0.2, 0.25) is 0 Å². The van der Waals surface area contributed by atoms with E-state index < -0.39 is 23.7 Å². The van der Waals surface area contributed by atoms with Crippen molar-refractivity contribution in [1.82, 2.24) is 4.31 Å². The van der Waals surface area contributed by atoms with E-state index >= 15 is 0 Å². The van der Waals surface area contributed by atoms with Gasteiger partial charge in [0, 0.05) is 11.5 Å². The number of hydrogen-bond acceptors (Lipinski definition) is 6. The van der Waals surface area contributed by atoms with Gasteiger partial charge in [-0.3, -0.25) is 0 Å². The second-order valence-corrected chi connectivity index (χ2v) is 10.8. The van der Waals surface area contributed by atoms with Crippen LogP contribution < -0.4 is 10.4 Å². The number of nitrogens with two attached hydrogens (primary N) is 1. The summed E-state index contributed by atoms with van der Waals surface area (Å²) < 4.78 is 6.19. The van der Waals surface area contributed by atoms with Crippen LogP contribution in [0.15, 0.2) is 0 Å². The van der Waals surface area contributed by atoms with Crippen LogP contribution in [-0.4, -0.2) is 51.6 Å². The Morgan fingerprint density at radius 1 is 1.07 bits per heavy atom. The fourth-order valence-corrected chi connectivity index (χ4v) is 5.18. The third-order valence-corrected chi connectivity index (χ3v) is 6.70. The van der Waals surface area contributed by atoms with E-state index in [0.717, 1.165) is 28.3 Å². The van der Waals surface area contributed by atoms with Gasteiger partial charge >= 0.3 is 6.09 Å². The van der Waals surface area contributed by atoms with Crippen LogP contribution in [-0.2, 0) is 9.53 Å². The maximum Gasteiger partial charge on any atom is 0.421 e. The molecule has 6 nitrogen and oxygen atoms in total. The second kappa shape index (κ2) is 14.5. The highest BCUT2D eigenvalue weighted by Crippen LogP contribution is 2.20. The molecule has 0 aromatic carbocycles. The molecule has 1 unspecified atom stereocenters. The van der Waals surface area contributed by atoms with Crippen LogP contribution in [0.4, 0.5) is 4.79 Å². The fourth-order valence-electron chi connectivity index (χ4n) is 4.00. The van der Waals surface area contributed by atoms with E-state index in [2.05, 4.69) is 17.9 Å². The van der Waals surface area contributed by atoms with E-state index in [1.807, 2.05) is 6.92 Å². The van der Waals surface area contributed by atoms with Gasteiger partial charge in [-0.05, 0) is 84.1 Å². The van der Waals surface area contributed by atoms with E-state index in [1.54, 1.807) is 20.8 Å². The predicted molar refractivity (Wildman–Crippen MR) is 125 cm³/mol. The first-order valence-electron chi connectivity index (χ1n) is 11.5. The summed E-state index contributed by atoms with van der Waals surface area (Å²) in [5, 5.41) is 13.6.